The molecule has 13 heteroatoms. The van der Waals surface area contributed by atoms with Crippen molar-refractivity contribution in [2.75, 3.05) is 12.8 Å². The van der Waals surface area contributed by atoms with Crippen LogP contribution in [-0.4, -0.2) is 91.9 Å². The van der Waals surface area contributed by atoms with E-state index >= 15 is 4.39 Å². The maximum absolute atomic E-state index is 15.6. The van der Waals surface area contributed by atoms with Gasteiger partial charge >= 0.3 is 5.82 Å². The standard InChI is InChI=1S/C24H38ClFN2O8S/c1-5-7-24(26)8-6-14(28(10-9-24)11-15-13(3)34-23(33)35-15)21(32)27-16(12(2)25)20-18(30)17(29)19(31)22(36-20)37-4/h12,14,16-20,22,29-31H,5-11H2,1-4H3,(H,27,32)/t12-,14?,16+,17-,18+,19+,20+,22+,24?/m0/s1. The summed E-state index contributed by atoms with van der Waals surface area (Å²) in [6, 6.07) is -1.72. The molecule has 212 valence electrons. The van der Waals surface area contributed by atoms with Crippen molar-refractivity contribution in [3.05, 3.63) is 22.1 Å². The summed E-state index contributed by atoms with van der Waals surface area (Å²) in [5, 5.41) is 33.3. The Hall–Kier alpha value is -1.15. The van der Waals surface area contributed by atoms with Crippen LogP contribution in [0.5, 0.6) is 0 Å². The van der Waals surface area contributed by atoms with Gasteiger partial charge in [-0.25, -0.2) is 9.18 Å². The number of carbonyl (C=O) groups is 1. The molecule has 4 N–H and O–H groups in total. The van der Waals surface area contributed by atoms with Gasteiger partial charge in [-0.2, -0.15) is 0 Å². The molecule has 0 aliphatic carbocycles. The number of hydrogen-bond donors (Lipinski definition) is 4. The van der Waals surface area contributed by atoms with Crippen molar-refractivity contribution in [2.45, 2.75) is 112 Å². The highest BCUT2D eigenvalue weighted by molar-refractivity contribution is 7.99. The molecule has 2 unspecified atom stereocenters. The number of nitrogens with one attached hydrogen (secondary N) is 1. The van der Waals surface area contributed by atoms with Crippen molar-refractivity contribution in [1.82, 2.24) is 10.2 Å². The van der Waals surface area contributed by atoms with Crippen molar-refractivity contribution >= 4 is 29.3 Å². The Kier molecular flexibility index (Phi) is 10.5. The number of rotatable bonds is 9. The minimum Gasteiger partial charge on any atom is -0.396 e. The lowest BCUT2D eigenvalue weighted by Crippen LogP contribution is -2.65. The predicted octanol–water partition coefficient (Wildman–Crippen LogP) is 1.69. The smallest absolute Gasteiger partial charge is 0.396 e. The lowest BCUT2D eigenvalue weighted by atomic mass is 9.90. The summed E-state index contributed by atoms with van der Waals surface area (Å²) in [7, 11) is 0. The molecular formula is C24H38ClFN2O8S. The lowest BCUT2D eigenvalue weighted by Gasteiger charge is -2.44. The number of amides is 1. The number of likely N-dealkylation sites (tertiary alicyclic amines) is 1. The Labute approximate surface area is 224 Å². The quantitative estimate of drug-likeness (QED) is 0.325. The highest BCUT2D eigenvalue weighted by atomic mass is 35.5. The number of thioether (sulfide) groups is 1. The molecule has 1 aromatic rings. The SMILES string of the molecule is CCCC1(F)CCC(C(=O)N[C@@H]([C@H]2O[C@H](SC)[C@H](O)[C@@H](O)[C@H]2O)[C@H](C)Cl)N(Cc2oc(=O)oc2C)CC1. The molecule has 0 bridgehead atoms. The third-order valence-corrected chi connectivity index (χ3v) is 8.46. The third-order valence-electron chi connectivity index (χ3n) is 7.33. The van der Waals surface area contributed by atoms with Crippen LogP contribution in [0.4, 0.5) is 4.39 Å². The number of aliphatic hydroxyl groups excluding tert-OH is 3. The second-order valence-electron chi connectivity index (χ2n) is 10.00. The Morgan fingerprint density at radius 2 is 1.97 bits per heavy atom. The van der Waals surface area contributed by atoms with Crippen molar-refractivity contribution in [3.63, 3.8) is 0 Å². The van der Waals surface area contributed by atoms with Gasteiger partial charge in [-0.1, -0.05) is 13.3 Å². The fraction of sp³-hybridized carbons (Fsp3) is 0.833. The van der Waals surface area contributed by atoms with Gasteiger partial charge in [-0.05, 0) is 45.8 Å². The van der Waals surface area contributed by atoms with Crippen LogP contribution in [0.3, 0.4) is 0 Å². The highest BCUT2D eigenvalue weighted by Crippen LogP contribution is 2.35. The van der Waals surface area contributed by atoms with E-state index in [0.717, 1.165) is 11.8 Å². The molecule has 2 saturated heterocycles. The van der Waals surface area contributed by atoms with Gasteiger partial charge in [0.2, 0.25) is 5.91 Å². The minimum atomic E-state index is -1.50. The molecule has 2 fully saturated rings. The summed E-state index contributed by atoms with van der Waals surface area (Å²) < 4.78 is 31.5. The Bertz CT molecular complexity index is 961. The number of hydrogen-bond acceptors (Lipinski definition) is 10. The number of aryl methyl sites for hydroxylation is 1. The Morgan fingerprint density at radius 1 is 1.27 bits per heavy atom. The number of halogens is 2. The van der Waals surface area contributed by atoms with Crippen LogP contribution in [0.25, 0.3) is 0 Å². The maximum Gasteiger partial charge on any atom is 0.519 e. The largest absolute Gasteiger partial charge is 0.519 e. The normalized spacial score (nSPS) is 35.1. The lowest BCUT2D eigenvalue weighted by molar-refractivity contribution is -0.205. The van der Waals surface area contributed by atoms with E-state index in [2.05, 4.69) is 5.32 Å². The van der Waals surface area contributed by atoms with Crippen LogP contribution in [0, 0.1) is 6.92 Å². The van der Waals surface area contributed by atoms with Gasteiger partial charge in [0, 0.05) is 6.54 Å². The topological polar surface area (TPSA) is 146 Å². The molecule has 3 rings (SSSR count). The van der Waals surface area contributed by atoms with Gasteiger partial charge in [-0.3, -0.25) is 9.69 Å². The summed E-state index contributed by atoms with van der Waals surface area (Å²) in [4.78, 5) is 27.0. The van der Waals surface area contributed by atoms with E-state index in [0.29, 0.717) is 12.8 Å². The Morgan fingerprint density at radius 3 is 2.54 bits per heavy atom. The minimum absolute atomic E-state index is 0.0704. The van der Waals surface area contributed by atoms with Crippen LogP contribution in [0.2, 0.25) is 0 Å². The monoisotopic (exact) mass is 568 g/mol. The van der Waals surface area contributed by atoms with Crippen LogP contribution < -0.4 is 11.1 Å². The summed E-state index contributed by atoms with van der Waals surface area (Å²) in [5.41, 5.74) is -2.26. The van der Waals surface area contributed by atoms with Gasteiger partial charge in [-0.15, -0.1) is 23.4 Å². The Balaban J connectivity index is 1.85. The van der Waals surface area contributed by atoms with E-state index in [4.69, 9.17) is 25.2 Å². The highest BCUT2D eigenvalue weighted by Gasteiger charge is 2.48. The molecule has 0 spiro atoms. The van der Waals surface area contributed by atoms with Crippen LogP contribution in [0.1, 0.15) is 57.5 Å². The number of aliphatic hydroxyl groups is 3. The molecule has 1 aromatic heterocycles. The van der Waals surface area contributed by atoms with E-state index < -0.39 is 64.7 Å². The molecule has 10 nitrogen and oxygen atoms in total. The average molecular weight is 569 g/mol. The van der Waals surface area contributed by atoms with Crippen molar-refractivity contribution in [3.8, 4) is 0 Å². The molecular weight excluding hydrogens is 531 g/mol. The van der Waals surface area contributed by atoms with E-state index in [1.807, 2.05) is 6.92 Å². The van der Waals surface area contributed by atoms with Crippen molar-refractivity contribution < 1.29 is 38.1 Å². The number of ether oxygens (including phenoxy) is 1. The maximum atomic E-state index is 15.6. The van der Waals surface area contributed by atoms with Crippen LogP contribution in [0.15, 0.2) is 13.6 Å². The molecule has 0 aromatic carbocycles. The van der Waals surface area contributed by atoms with Crippen molar-refractivity contribution in [1.29, 1.82) is 0 Å². The predicted molar refractivity (Wildman–Crippen MR) is 136 cm³/mol. The average Bonchev–Trinajstić information content (AvgIpc) is 3.06. The second kappa shape index (κ2) is 12.8. The molecule has 2 aliphatic heterocycles. The second-order valence-corrected chi connectivity index (χ2v) is 11.6. The number of alkyl halides is 2. The molecule has 9 atom stereocenters. The van der Waals surface area contributed by atoms with Crippen LogP contribution in [-0.2, 0) is 16.1 Å². The first-order valence-electron chi connectivity index (χ1n) is 12.6. The van der Waals surface area contributed by atoms with E-state index in [1.54, 1.807) is 25.0 Å². The zero-order valence-corrected chi connectivity index (χ0v) is 23.1. The zero-order valence-electron chi connectivity index (χ0n) is 21.6. The summed E-state index contributed by atoms with van der Waals surface area (Å²) in [5.74, 6) is -0.760. The zero-order chi connectivity index (χ0) is 27.5. The fourth-order valence-electron chi connectivity index (χ4n) is 5.17. The molecule has 37 heavy (non-hydrogen) atoms. The number of carbonyl (C=O) groups excluding carboxylic acids is 1. The third kappa shape index (κ3) is 7.09. The van der Waals surface area contributed by atoms with E-state index in [-0.39, 0.29) is 43.9 Å². The first kappa shape index (κ1) is 30.4. The molecule has 2 aliphatic rings. The molecule has 3 heterocycles. The van der Waals surface area contributed by atoms with E-state index in [9.17, 15) is 24.9 Å². The summed E-state index contributed by atoms with van der Waals surface area (Å²) >= 11 is 7.57. The molecule has 1 amide bonds. The van der Waals surface area contributed by atoms with Gasteiger partial charge < -0.3 is 34.2 Å². The van der Waals surface area contributed by atoms with Gasteiger partial charge in [0.15, 0.2) is 5.76 Å². The van der Waals surface area contributed by atoms with Gasteiger partial charge in [0.1, 0.15) is 41.3 Å². The van der Waals surface area contributed by atoms with E-state index in [1.165, 1.54) is 0 Å². The van der Waals surface area contributed by atoms with Crippen molar-refractivity contribution in [2.24, 2.45) is 0 Å². The van der Waals surface area contributed by atoms with Crippen LogP contribution >= 0.6 is 23.4 Å². The fourth-order valence-corrected chi connectivity index (χ4v) is 6.06. The van der Waals surface area contributed by atoms with Gasteiger partial charge in [0.05, 0.1) is 24.0 Å². The first-order valence-corrected chi connectivity index (χ1v) is 14.3. The van der Waals surface area contributed by atoms with Gasteiger partial charge in [0.25, 0.3) is 0 Å². The number of nitrogens with zero attached hydrogens (tertiary/aromatic N) is 1. The summed E-state index contributed by atoms with van der Waals surface area (Å²) in [6.45, 7) is 5.43. The first-order chi connectivity index (χ1) is 17.4. The molecule has 0 radical (unpaired) electrons. The molecule has 0 saturated carbocycles. The summed E-state index contributed by atoms with van der Waals surface area (Å²) in [6.07, 6.45) is -2.09.